The molecule has 7 heteroatoms. The van der Waals surface area contributed by atoms with E-state index in [1.165, 1.54) is 37.3 Å². The van der Waals surface area contributed by atoms with Crippen molar-refractivity contribution in [2.75, 3.05) is 28.3 Å². The molecule has 2 aromatic carbocycles. The standard InChI is InChI=1S/C20H21NO6/c1-21(2)18(22)17(13-8-6-5-7-9-13)27-16-11-14(19(23)25-3)10-15(12-16)20(24)26-4/h5-12,17H,1-4H3/t17-/m0/s1. The van der Waals surface area contributed by atoms with Crippen LogP contribution in [0.15, 0.2) is 48.5 Å². The number of carbonyl (C=O) groups is 3. The van der Waals surface area contributed by atoms with E-state index in [1.807, 2.05) is 6.07 Å². The molecule has 0 aliphatic rings. The van der Waals surface area contributed by atoms with Crippen LogP contribution < -0.4 is 4.74 Å². The second-order valence-electron chi connectivity index (χ2n) is 5.87. The molecular formula is C20H21NO6. The van der Waals surface area contributed by atoms with Crippen LogP contribution in [0, 0.1) is 0 Å². The zero-order valence-electron chi connectivity index (χ0n) is 15.6. The lowest BCUT2D eigenvalue weighted by Gasteiger charge is -2.22. The molecule has 2 rings (SSSR count). The normalized spacial score (nSPS) is 11.3. The number of amides is 1. The Morgan fingerprint density at radius 2 is 1.37 bits per heavy atom. The molecule has 2 aromatic rings. The van der Waals surface area contributed by atoms with Gasteiger partial charge in [0, 0.05) is 19.7 Å². The lowest BCUT2D eigenvalue weighted by atomic mass is 10.1. The van der Waals surface area contributed by atoms with Crippen molar-refractivity contribution in [3.05, 3.63) is 65.2 Å². The van der Waals surface area contributed by atoms with Crippen molar-refractivity contribution in [2.24, 2.45) is 0 Å². The summed E-state index contributed by atoms with van der Waals surface area (Å²) in [5.74, 6) is -1.40. The van der Waals surface area contributed by atoms with Gasteiger partial charge >= 0.3 is 11.9 Å². The summed E-state index contributed by atoms with van der Waals surface area (Å²) in [6.45, 7) is 0. The second kappa shape index (κ2) is 8.84. The van der Waals surface area contributed by atoms with Gasteiger partial charge in [0.05, 0.1) is 25.3 Å². The smallest absolute Gasteiger partial charge is 0.338 e. The van der Waals surface area contributed by atoms with Crippen LogP contribution in [0.25, 0.3) is 0 Å². The first-order chi connectivity index (χ1) is 12.9. The summed E-state index contributed by atoms with van der Waals surface area (Å²) in [5, 5.41) is 0. The summed E-state index contributed by atoms with van der Waals surface area (Å²) in [6.07, 6.45) is -0.945. The summed E-state index contributed by atoms with van der Waals surface area (Å²) in [5.41, 5.74) is 0.860. The fraction of sp³-hybridized carbons (Fsp3) is 0.250. The van der Waals surface area contributed by atoms with Gasteiger partial charge in [-0.15, -0.1) is 0 Å². The third kappa shape index (κ3) is 4.84. The number of carbonyl (C=O) groups excluding carboxylic acids is 3. The molecule has 0 saturated heterocycles. The minimum absolute atomic E-state index is 0.111. The molecule has 0 bridgehead atoms. The van der Waals surface area contributed by atoms with Gasteiger partial charge in [0.1, 0.15) is 5.75 Å². The van der Waals surface area contributed by atoms with Gasteiger partial charge in [-0.05, 0) is 18.2 Å². The average molecular weight is 371 g/mol. The van der Waals surface area contributed by atoms with E-state index >= 15 is 0 Å². The zero-order chi connectivity index (χ0) is 20.0. The first kappa shape index (κ1) is 20.0. The third-order valence-electron chi connectivity index (χ3n) is 3.77. The van der Waals surface area contributed by atoms with Crippen molar-refractivity contribution >= 4 is 17.8 Å². The van der Waals surface area contributed by atoms with Crippen molar-refractivity contribution < 1.29 is 28.6 Å². The van der Waals surface area contributed by atoms with Crippen LogP contribution in [0.3, 0.4) is 0 Å². The number of nitrogens with zero attached hydrogens (tertiary/aromatic N) is 1. The van der Waals surface area contributed by atoms with Crippen LogP contribution in [0.1, 0.15) is 32.4 Å². The predicted molar refractivity (Wildman–Crippen MR) is 97.6 cm³/mol. The maximum atomic E-state index is 12.6. The van der Waals surface area contributed by atoms with E-state index in [0.29, 0.717) is 5.56 Å². The molecule has 0 unspecified atom stereocenters. The summed E-state index contributed by atoms with van der Waals surface area (Å²) in [4.78, 5) is 37.9. The number of rotatable bonds is 6. The van der Waals surface area contributed by atoms with Crippen molar-refractivity contribution in [3.63, 3.8) is 0 Å². The number of hydrogen-bond acceptors (Lipinski definition) is 6. The van der Waals surface area contributed by atoms with Crippen LogP contribution in [-0.2, 0) is 14.3 Å². The number of esters is 2. The minimum atomic E-state index is -0.945. The number of likely N-dealkylation sites (N-methyl/N-ethyl adjacent to an activating group) is 1. The lowest BCUT2D eigenvalue weighted by Crippen LogP contribution is -2.31. The van der Waals surface area contributed by atoms with Crippen molar-refractivity contribution in [2.45, 2.75) is 6.10 Å². The molecule has 0 aliphatic carbocycles. The summed E-state index contributed by atoms with van der Waals surface area (Å²) in [6, 6.07) is 13.1. The molecule has 0 spiro atoms. The van der Waals surface area contributed by atoms with E-state index in [4.69, 9.17) is 14.2 Å². The van der Waals surface area contributed by atoms with E-state index in [1.54, 1.807) is 38.4 Å². The monoisotopic (exact) mass is 371 g/mol. The molecule has 0 radical (unpaired) electrons. The molecule has 0 heterocycles. The molecule has 1 amide bonds. The van der Waals surface area contributed by atoms with Gasteiger partial charge in [-0.25, -0.2) is 9.59 Å². The minimum Gasteiger partial charge on any atom is -0.476 e. The molecule has 27 heavy (non-hydrogen) atoms. The highest BCUT2D eigenvalue weighted by Crippen LogP contribution is 2.26. The molecule has 142 valence electrons. The molecule has 0 N–H and O–H groups in total. The number of benzene rings is 2. The Morgan fingerprint density at radius 3 is 1.81 bits per heavy atom. The van der Waals surface area contributed by atoms with Gasteiger partial charge in [-0.2, -0.15) is 0 Å². The summed E-state index contributed by atoms with van der Waals surface area (Å²) in [7, 11) is 5.70. The van der Waals surface area contributed by atoms with Gasteiger partial charge in [-0.3, -0.25) is 4.79 Å². The molecule has 0 saturated carbocycles. The highest BCUT2D eigenvalue weighted by molar-refractivity contribution is 5.96. The average Bonchev–Trinajstić information content (AvgIpc) is 2.70. The van der Waals surface area contributed by atoms with E-state index in [-0.39, 0.29) is 22.8 Å². The first-order valence-corrected chi connectivity index (χ1v) is 8.12. The van der Waals surface area contributed by atoms with Gasteiger partial charge in [0.25, 0.3) is 5.91 Å². The molecule has 7 nitrogen and oxygen atoms in total. The molecular weight excluding hydrogens is 350 g/mol. The SMILES string of the molecule is COC(=O)c1cc(O[C@H](C(=O)N(C)C)c2ccccc2)cc(C(=O)OC)c1. The highest BCUT2D eigenvalue weighted by Gasteiger charge is 2.25. The summed E-state index contributed by atoms with van der Waals surface area (Å²) < 4.78 is 15.3. The fourth-order valence-electron chi connectivity index (χ4n) is 2.40. The summed E-state index contributed by atoms with van der Waals surface area (Å²) >= 11 is 0. The Balaban J connectivity index is 2.48. The topological polar surface area (TPSA) is 82.1 Å². The maximum Gasteiger partial charge on any atom is 0.338 e. The van der Waals surface area contributed by atoms with Crippen LogP contribution in [-0.4, -0.2) is 51.1 Å². The van der Waals surface area contributed by atoms with Crippen LogP contribution in [0.5, 0.6) is 5.75 Å². The van der Waals surface area contributed by atoms with E-state index in [0.717, 1.165) is 0 Å². The molecule has 1 atom stereocenters. The fourth-order valence-corrected chi connectivity index (χ4v) is 2.40. The Hall–Kier alpha value is -3.35. The van der Waals surface area contributed by atoms with Gasteiger partial charge in [0.2, 0.25) is 6.10 Å². The zero-order valence-corrected chi connectivity index (χ0v) is 15.6. The van der Waals surface area contributed by atoms with Crippen molar-refractivity contribution in [3.8, 4) is 5.75 Å². The van der Waals surface area contributed by atoms with E-state index in [2.05, 4.69) is 0 Å². The number of hydrogen-bond donors (Lipinski definition) is 0. The third-order valence-corrected chi connectivity index (χ3v) is 3.77. The van der Waals surface area contributed by atoms with Crippen LogP contribution in [0.2, 0.25) is 0 Å². The van der Waals surface area contributed by atoms with Crippen LogP contribution >= 0.6 is 0 Å². The molecule has 0 aliphatic heterocycles. The van der Waals surface area contributed by atoms with E-state index in [9.17, 15) is 14.4 Å². The van der Waals surface area contributed by atoms with Gasteiger partial charge < -0.3 is 19.1 Å². The van der Waals surface area contributed by atoms with Crippen molar-refractivity contribution in [1.82, 2.24) is 4.90 Å². The molecule has 0 fully saturated rings. The Morgan fingerprint density at radius 1 is 0.852 bits per heavy atom. The number of ether oxygens (including phenoxy) is 3. The van der Waals surface area contributed by atoms with Gasteiger partial charge in [0.15, 0.2) is 0 Å². The first-order valence-electron chi connectivity index (χ1n) is 8.12. The predicted octanol–water partition coefficient (Wildman–Crippen LogP) is 2.47. The highest BCUT2D eigenvalue weighted by atomic mass is 16.5. The largest absolute Gasteiger partial charge is 0.476 e. The Labute approximate surface area is 157 Å². The lowest BCUT2D eigenvalue weighted by molar-refractivity contribution is -0.136. The van der Waals surface area contributed by atoms with Gasteiger partial charge in [-0.1, -0.05) is 30.3 Å². The Kier molecular flexibility index (Phi) is 6.54. The second-order valence-corrected chi connectivity index (χ2v) is 5.87. The van der Waals surface area contributed by atoms with Crippen molar-refractivity contribution in [1.29, 1.82) is 0 Å². The van der Waals surface area contributed by atoms with Crippen LogP contribution in [0.4, 0.5) is 0 Å². The molecule has 0 aromatic heterocycles. The Bertz CT molecular complexity index is 797. The van der Waals surface area contributed by atoms with E-state index < -0.39 is 18.0 Å². The number of methoxy groups -OCH3 is 2. The quantitative estimate of drug-likeness (QED) is 0.726. The maximum absolute atomic E-state index is 12.6.